The normalized spacial score (nSPS) is 24.2. The van der Waals surface area contributed by atoms with Crippen molar-refractivity contribution in [1.82, 2.24) is 0 Å². The highest BCUT2D eigenvalue weighted by atomic mass is 16.6. The largest absolute Gasteiger partial charge is 0.391 e. The average molecular weight is 130 g/mol. The fraction of sp³-hybridized carbons (Fsp3) is 0.500. The molecule has 0 atom stereocenters. The van der Waals surface area contributed by atoms with E-state index in [1.165, 1.54) is 0 Å². The van der Waals surface area contributed by atoms with Crippen LogP contribution in [-0.2, 0) is 14.3 Å². The Bertz CT molecular complexity index is 175. The standard InChI is InChI=1S/C4H6N2O3/c5-4(6)1-2(7)9-3(4)8/h1,5-6H2. The summed E-state index contributed by atoms with van der Waals surface area (Å²) >= 11 is 0. The Morgan fingerprint density at radius 1 is 1.44 bits per heavy atom. The second kappa shape index (κ2) is 1.52. The molecule has 0 radical (unpaired) electrons. The van der Waals surface area contributed by atoms with Crippen molar-refractivity contribution in [3.63, 3.8) is 0 Å². The summed E-state index contributed by atoms with van der Waals surface area (Å²) in [5.41, 5.74) is 8.60. The van der Waals surface area contributed by atoms with E-state index in [1.54, 1.807) is 0 Å². The number of carbonyl (C=O) groups excluding carboxylic acids is 2. The number of hydrogen-bond donors (Lipinski definition) is 2. The molecule has 1 fully saturated rings. The molecule has 5 nitrogen and oxygen atoms in total. The second-order valence-corrected chi connectivity index (χ2v) is 1.98. The van der Waals surface area contributed by atoms with E-state index in [4.69, 9.17) is 11.5 Å². The SMILES string of the molecule is NC1(N)CC(=O)OC1=O. The minimum atomic E-state index is -1.59. The number of cyclic esters (lactones) is 2. The molecule has 0 aromatic rings. The van der Waals surface area contributed by atoms with E-state index < -0.39 is 17.6 Å². The Morgan fingerprint density at radius 3 is 2.11 bits per heavy atom. The molecule has 0 amide bonds. The van der Waals surface area contributed by atoms with Crippen molar-refractivity contribution in [2.75, 3.05) is 0 Å². The van der Waals surface area contributed by atoms with Crippen LogP contribution >= 0.6 is 0 Å². The summed E-state index contributed by atoms with van der Waals surface area (Å²) in [6.45, 7) is 0. The van der Waals surface area contributed by atoms with Gasteiger partial charge in [-0.2, -0.15) is 0 Å². The summed E-state index contributed by atoms with van der Waals surface area (Å²) in [5.74, 6) is -1.52. The van der Waals surface area contributed by atoms with E-state index in [1.807, 2.05) is 0 Å². The molecule has 50 valence electrons. The third-order valence-electron chi connectivity index (χ3n) is 1.02. The van der Waals surface area contributed by atoms with Gasteiger partial charge in [0, 0.05) is 0 Å². The van der Waals surface area contributed by atoms with Gasteiger partial charge in [-0.15, -0.1) is 0 Å². The summed E-state index contributed by atoms with van der Waals surface area (Å²) in [5, 5.41) is 0. The molecule has 0 spiro atoms. The zero-order chi connectivity index (χ0) is 7.07. The van der Waals surface area contributed by atoms with Gasteiger partial charge in [-0.3, -0.25) is 4.79 Å². The third kappa shape index (κ3) is 0.914. The van der Waals surface area contributed by atoms with Crippen LogP contribution in [0.2, 0.25) is 0 Å². The van der Waals surface area contributed by atoms with E-state index in [0.29, 0.717) is 0 Å². The van der Waals surface area contributed by atoms with Crippen LogP contribution in [0.4, 0.5) is 0 Å². The molecule has 0 unspecified atom stereocenters. The van der Waals surface area contributed by atoms with Gasteiger partial charge in [-0.25, -0.2) is 4.79 Å². The fourth-order valence-corrected chi connectivity index (χ4v) is 0.545. The van der Waals surface area contributed by atoms with Crippen molar-refractivity contribution >= 4 is 11.9 Å². The number of ether oxygens (including phenoxy) is 1. The quantitative estimate of drug-likeness (QED) is 0.226. The van der Waals surface area contributed by atoms with Crippen LogP contribution in [0.25, 0.3) is 0 Å². The number of hydrogen-bond acceptors (Lipinski definition) is 5. The lowest BCUT2D eigenvalue weighted by atomic mass is 10.2. The predicted molar refractivity (Wildman–Crippen MR) is 26.8 cm³/mol. The van der Waals surface area contributed by atoms with Gasteiger partial charge < -0.3 is 16.2 Å². The van der Waals surface area contributed by atoms with Crippen LogP contribution in [0.15, 0.2) is 0 Å². The molecule has 9 heavy (non-hydrogen) atoms. The van der Waals surface area contributed by atoms with E-state index in [-0.39, 0.29) is 6.42 Å². The molecule has 1 aliphatic heterocycles. The Balaban J connectivity index is 2.81. The minimum Gasteiger partial charge on any atom is -0.391 e. The van der Waals surface area contributed by atoms with Crippen molar-refractivity contribution in [3.05, 3.63) is 0 Å². The lowest BCUT2D eigenvalue weighted by molar-refractivity contribution is -0.153. The van der Waals surface area contributed by atoms with Gasteiger partial charge in [-0.1, -0.05) is 0 Å². The predicted octanol–water partition coefficient (Wildman–Crippen LogP) is -1.93. The first-order chi connectivity index (χ1) is 4.02. The third-order valence-corrected chi connectivity index (χ3v) is 1.02. The molecular formula is C4H6N2O3. The summed E-state index contributed by atoms with van der Waals surface area (Å²) in [4.78, 5) is 20.7. The molecule has 1 rings (SSSR count). The smallest absolute Gasteiger partial charge is 0.349 e. The van der Waals surface area contributed by atoms with Crippen LogP contribution in [0, 0.1) is 0 Å². The van der Waals surface area contributed by atoms with Crippen LogP contribution in [0.5, 0.6) is 0 Å². The van der Waals surface area contributed by atoms with E-state index in [2.05, 4.69) is 4.74 Å². The molecular weight excluding hydrogens is 124 g/mol. The summed E-state index contributed by atoms with van der Waals surface area (Å²) in [6.07, 6.45) is -0.230. The van der Waals surface area contributed by atoms with Crippen molar-refractivity contribution in [2.45, 2.75) is 12.1 Å². The van der Waals surface area contributed by atoms with E-state index in [0.717, 1.165) is 0 Å². The molecule has 0 aromatic heterocycles. The molecule has 0 aromatic carbocycles. The first-order valence-corrected chi connectivity index (χ1v) is 2.35. The van der Waals surface area contributed by atoms with Crippen LogP contribution in [-0.4, -0.2) is 17.6 Å². The first-order valence-electron chi connectivity index (χ1n) is 2.35. The monoisotopic (exact) mass is 130 g/mol. The number of carbonyl (C=O) groups is 2. The molecule has 1 saturated heterocycles. The maximum Gasteiger partial charge on any atom is 0.349 e. The minimum absolute atomic E-state index is 0.230. The van der Waals surface area contributed by atoms with Crippen molar-refractivity contribution in [1.29, 1.82) is 0 Å². The Hall–Kier alpha value is -0.940. The molecule has 1 aliphatic rings. The highest BCUT2D eigenvalue weighted by Crippen LogP contribution is 2.11. The highest BCUT2D eigenvalue weighted by Gasteiger charge is 2.42. The van der Waals surface area contributed by atoms with Gasteiger partial charge >= 0.3 is 11.9 Å². The van der Waals surface area contributed by atoms with Crippen molar-refractivity contribution < 1.29 is 14.3 Å². The first kappa shape index (κ1) is 6.18. The molecule has 0 aliphatic carbocycles. The van der Waals surface area contributed by atoms with E-state index >= 15 is 0 Å². The molecule has 1 heterocycles. The lowest BCUT2D eigenvalue weighted by Gasteiger charge is -2.07. The number of nitrogens with two attached hydrogens (primary N) is 2. The summed E-state index contributed by atoms with van der Waals surface area (Å²) in [7, 11) is 0. The zero-order valence-corrected chi connectivity index (χ0v) is 4.59. The van der Waals surface area contributed by atoms with Gasteiger partial charge in [0.15, 0.2) is 5.66 Å². The van der Waals surface area contributed by atoms with Crippen LogP contribution in [0.3, 0.4) is 0 Å². The van der Waals surface area contributed by atoms with Gasteiger partial charge in [0.2, 0.25) is 0 Å². The number of rotatable bonds is 0. The fourth-order valence-electron chi connectivity index (χ4n) is 0.545. The Morgan fingerprint density at radius 2 is 2.00 bits per heavy atom. The van der Waals surface area contributed by atoms with Gasteiger partial charge in [-0.05, 0) is 0 Å². The summed E-state index contributed by atoms with van der Waals surface area (Å²) in [6, 6.07) is 0. The Kier molecular flexibility index (Phi) is 1.04. The lowest BCUT2D eigenvalue weighted by Crippen LogP contribution is -2.53. The highest BCUT2D eigenvalue weighted by molar-refractivity contribution is 5.99. The maximum atomic E-state index is 10.4. The average Bonchev–Trinajstić information content (AvgIpc) is 1.79. The van der Waals surface area contributed by atoms with Gasteiger partial charge in [0.05, 0.1) is 6.42 Å². The zero-order valence-electron chi connectivity index (χ0n) is 4.59. The van der Waals surface area contributed by atoms with Crippen LogP contribution < -0.4 is 11.5 Å². The topological polar surface area (TPSA) is 95.4 Å². The molecule has 5 heteroatoms. The van der Waals surface area contributed by atoms with E-state index in [9.17, 15) is 9.59 Å². The second-order valence-electron chi connectivity index (χ2n) is 1.98. The van der Waals surface area contributed by atoms with Crippen LogP contribution in [0.1, 0.15) is 6.42 Å². The number of esters is 2. The molecule has 0 saturated carbocycles. The summed E-state index contributed by atoms with van der Waals surface area (Å²) < 4.78 is 4.05. The molecule has 0 bridgehead atoms. The van der Waals surface area contributed by atoms with Gasteiger partial charge in [0.25, 0.3) is 0 Å². The van der Waals surface area contributed by atoms with Crippen molar-refractivity contribution in [3.8, 4) is 0 Å². The maximum absolute atomic E-state index is 10.4. The molecule has 4 N–H and O–H groups in total. The van der Waals surface area contributed by atoms with Crippen molar-refractivity contribution in [2.24, 2.45) is 11.5 Å². The Labute approximate surface area is 50.9 Å². The van der Waals surface area contributed by atoms with Gasteiger partial charge in [0.1, 0.15) is 0 Å².